The molecule has 106 valence electrons. The van der Waals surface area contributed by atoms with Gasteiger partial charge in [-0.15, -0.1) is 0 Å². The number of rotatable bonds is 8. The molecule has 0 aromatic heterocycles. The van der Waals surface area contributed by atoms with Crippen LogP contribution in [0.3, 0.4) is 0 Å². The lowest BCUT2D eigenvalue weighted by Gasteiger charge is -2.42. The Kier molecular flexibility index (Phi) is 5.42. The van der Waals surface area contributed by atoms with E-state index in [0.717, 1.165) is 38.6 Å². The van der Waals surface area contributed by atoms with Crippen molar-refractivity contribution < 1.29 is 9.47 Å². The Morgan fingerprint density at radius 3 is 2.83 bits per heavy atom. The molecule has 1 aliphatic heterocycles. The highest BCUT2D eigenvalue weighted by Gasteiger charge is 2.43. The summed E-state index contributed by atoms with van der Waals surface area (Å²) in [6.07, 6.45) is 3.96. The molecule has 0 aromatic rings. The third-order valence-electron chi connectivity index (χ3n) is 4.18. The van der Waals surface area contributed by atoms with Crippen molar-refractivity contribution in [1.29, 1.82) is 0 Å². The summed E-state index contributed by atoms with van der Waals surface area (Å²) < 4.78 is 10.5. The number of methoxy groups -OCH3 is 1. The van der Waals surface area contributed by atoms with Crippen molar-refractivity contribution in [2.45, 2.75) is 31.7 Å². The second-order valence-corrected chi connectivity index (χ2v) is 5.85. The van der Waals surface area contributed by atoms with Crippen LogP contribution in [0.5, 0.6) is 0 Å². The van der Waals surface area contributed by atoms with Crippen molar-refractivity contribution in [2.24, 2.45) is 5.92 Å². The third-order valence-corrected chi connectivity index (χ3v) is 4.18. The largest absolute Gasteiger partial charge is 0.382 e. The van der Waals surface area contributed by atoms with Crippen LogP contribution in [-0.4, -0.2) is 63.5 Å². The first kappa shape index (κ1) is 14.3. The van der Waals surface area contributed by atoms with E-state index in [-0.39, 0.29) is 0 Å². The third kappa shape index (κ3) is 4.19. The number of hydrogen-bond donors (Lipinski definition) is 1. The van der Waals surface area contributed by atoms with Crippen LogP contribution in [0.1, 0.15) is 26.2 Å². The van der Waals surface area contributed by atoms with Crippen LogP contribution in [-0.2, 0) is 9.47 Å². The molecular weight excluding hydrogens is 228 g/mol. The molecule has 0 aromatic carbocycles. The molecule has 4 nitrogen and oxygen atoms in total. The fourth-order valence-corrected chi connectivity index (χ4v) is 2.92. The zero-order chi connectivity index (χ0) is 12.8. The van der Waals surface area contributed by atoms with Gasteiger partial charge in [0.2, 0.25) is 0 Å². The molecule has 0 amide bonds. The van der Waals surface area contributed by atoms with Crippen LogP contribution in [0, 0.1) is 5.92 Å². The van der Waals surface area contributed by atoms with E-state index in [0.29, 0.717) is 12.1 Å². The minimum Gasteiger partial charge on any atom is -0.382 e. The summed E-state index contributed by atoms with van der Waals surface area (Å²) in [5.41, 5.74) is 0.370. The van der Waals surface area contributed by atoms with E-state index < -0.39 is 0 Å². The lowest BCUT2D eigenvalue weighted by atomic mass is 9.93. The number of nitrogens with zero attached hydrogens (tertiary/aromatic N) is 1. The Labute approximate surface area is 111 Å². The number of nitrogens with one attached hydrogen (secondary N) is 1. The Bertz CT molecular complexity index is 246. The van der Waals surface area contributed by atoms with E-state index in [2.05, 4.69) is 17.1 Å². The first-order valence-electron chi connectivity index (χ1n) is 7.29. The number of hydrogen-bond acceptors (Lipinski definition) is 4. The van der Waals surface area contributed by atoms with Crippen molar-refractivity contribution in [2.75, 3.05) is 53.1 Å². The molecule has 0 spiro atoms. The Morgan fingerprint density at radius 1 is 1.28 bits per heavy atom. The van der Waals surface area contributed by atoms with E-state index in [1.807, 2.05) is 0 Å². The highest BCUT2D eigenvalue weighted by molar-refractivity contribution is 5.01. The Balaban J connectivity index is 1.58. The summed E-state index contributed by atoms with van der Waals surface area (Å²) in [5, 5.41) is 3.72. The average molecular weight is 256 g/mol. The molecule has 1 saturated heterocycles. The van der Waals surface area contributed by atoms with Gasteiger partial charge in [0.25, 0.3) is 0 Å². The maximum Gasteiger partial charge on any atom is 0.0700 e. The molecule has 1 aliphatic carbocycles. The summed E-state index contributed by atoms with van der Waals surface area (Å²) in [4.78, 5) is 2.59. The van der Waals surface area contributed by atoms with E-state index in [9.17, 15) is 0 Å². The number of piperazine rings is 1. The predicted octanol–water partition coefficient (Wildman–Crippen LogP) is 1.11. The van der Waals surface area contributed by atoms with Crippen LogP contribution in [0.2, 0.25) is 0 Å². The van der Waals surface area contributed by atoms with Crippen molar-refractivity contribution >= 4 is 0 Å². The van der Waals surface area contributed by atoms with Gasteiger partial charge in [0.05, 0.1) is 13.2 Å². The molecule has 2 aliphatic rings. The monoisotopic (exact) mass is 256 g/mol. The van der Waals surface area contributed by atoms with Crippen LogP contribution < -0.4 is 5.32 Å². The second-order valence-electron chi connectivity index (χ2n) is 5.85. The highest BCUT2D eigenvalue weighted by Crippen LogP contribution is 2.40. The van der Waals surface area contributed by atoms with Crippen LogP contribution >= 0.6 is 0 Å². The molecular formula is C14H28N2O2. The van der Waals surface area contributed by atoms with Crippen molar-refractivity contribution in [1.82, 2.24) is 10.2 Å². The van der Waals surface area contributed by atoms with Crippen LogP contribution in [0.4, 0.5) is 0 Å². The summed E-state index contributed by atoms with van der Waals surface area (Å²) in [5.74, 6) is 0.915. The van der Waals surface area contributed by atoms with E-state index in [4.69, 9.17) is 9.47 Å². The minimum atomic E-state index is 0.370. The molecule has 1 atom stereocenters. The Hall–Kier alpha value is -0.160. The Morgan fingerprint density at radius 2 is 2.11 bits per heavy atom. The summed E-state index contributed by atoms with van der Waals surface area (Å²) in [6.45, 7) is 9.36. The topological polar surface area (TPSA) is 33.7 Å². The SMILES string of the molecule is COCCOCCCN1CCNC(C)(C2CC2)C1. The maximum atomic E-state index is 5.51. The molecule has 1 N–H and O–H groups in total. The zero-order valence-corrected chi connectivity index (χ0v) is 11.9. The predicted molar refractivity (Wildman–Crippen MR) is 72.9 cm³/mol. The quantitative estimate of drug-likeness (QED) is 0.660. The molecule has 18 heavy (non-hydrogen) atoms. The van der Waals surface area contributed by atoms with Gasteiger partial charge in [0, 0.05) is 45.4 Å². The molecule has 1 heterocycles. The summed E-state index contributed by atoms with van der Waals surface area (Å²) in [6, 6.07) is 0. The second kappa shape index (κ2) is 6.85. The fraction of sp³-hybridized carbons (Fsp3) is 1.00. The molecule has 1 saturated carbocycles. The normalized spacial score (nSPS) is 29.7. The summed E-state index contributed by atoms with van der Waals surface area (Å²) >= 11 is 0. The molecule has 0 radical (unpaired) electrons. The average Bonchev–Trinajstić information content (AvgIpc) is 3.18. The van der Waals surface area contributed by atoms with Gasteiger partial charge < -0.3 is 19.7 Å². The molecule has 4 heteroatoms. The summed E-state index contributed by atoms with van der Waals surface area (Å²) in [7, 11) is 1.71. The van der Waals surface area contributed by atoms with E-state index in [1.165, 1.54) is 25.9 Å². The number of ether oxygens (including phenoxy) is 2. The molecule has 1 unspecified atom stereocenters. The van der Waals surface area contributed by atoms with Crippen molar-refractivity contribution in [3.63, 3.8) is 0 Å². The smallest absolute Gasteiger partial charge is 0.0700 e. The highest BCUT2D eigenvalue weighted by atomic mass is 16.5. The van der Waals surface area contributed by atoms with Gasteiger partial charge in [0.1, 0.15) is 0 Å². The standard InChI is InChI=1S/C14H28N2O2/c1-14(13-4-5-13)12-16(8-6-15-14)7-3-9-18-11-10-17-2/h13,15H,3-12H2,1-2H3. The lowest BCUT2D eigenvalue weighted by Crippen LogP contribution is -2.60. The van der Waals surface area contributed by atoms with Crippen molar-refractivity contribution in [3.8, 4) is 0 Å². The molecule has 0 bridgehead atoms. The molecule has 2 rings (SSSR count). The van der Waals surface area contributed by atoms with Gasteiger partial charge in [-0.05, 0) is 32.1 Å². The van der Waals surface area contributed by atoms with E-state index in [1.54, 1.807) is 7.11 Å². The lowest BCUT2D eigenvalue weighted by molar-refractivity contribution is 0.0595. The van der Waals surface area contributed by atoms with Crippen LogP contribution in [0.25, 0.3) is 0 Å². The first-order chi connectivity index (χ1) is 8.74. The van der Waals surface area contributed by atoms with Gasteiger partial charge in [-0.25, -0.2) is 0 Å². The fourth-order valence-electron chi connectivity index (χ4n) is 2.92. The minimum absolute atomic E-state index is 0.370. The van der Waals surface area contributed by atoms with E-state index >= 15 is 0 Å². The van der Waals surface area contributed by atoms with Gasteiger partial charge >= 0.3 is 0 Å². The maximum absolute atomic E-state index is 5.51. The first-order valence-corrected chi connectivity index (χ1v) is 7.29. The van der Waals surface area contributed by atoms with Crippen molar-refractivity contribution in [3.05, 3.63) is 0 Å². The van der Waals surface area contributed by atoms with Gasteiger partial charge in [-0.3, -0.25) is 0 Å². The van der Waals surface area contributed by atoms with Gasteiger partial charge in [-0.1, -0.05) is 0 Å². The van der Waals surface area contributed by atoms with Gasteiger partial charge in [-0.2, -0.15) is 0 Å². The van der Waals surface area contributed by atoms with Gasteiger partial charge in [0.15, 0.2) is 0 Å². The van der Waals surface area contributed by atoms with Crippen LogP contribution in [0.15, 0.2) is 0 Å². The zero-order valence-electron chi connectivity index (χ0n) is 11.9. The molecule has 2 fully saturated rings.